The fourth-order valence-corrected chi connectivity index (χ4v) is 3.84. The maximum atomic E-state index is 12.1. The summed E-state index contributed by atoms with van der Waals surface area (Å²) in [6, 6.07) is 6.14. The van der Waals surface area contributed by atoms with E-state index in [-0.39, 0.29) is 20.0 Å². The molecule has 0 bridgehead atoms. The van der Waals surface area contributed by atoms with E-state index in [2.05, 4.69) is 9.71 Å². The Morgan fingerprint density at radius 3 is 2.74 bits per heavy atom. The van der Waals surface area contributed by atoms with E-state index in [0.29, 0.717) is 4.88 Å². The highest BCUT2D eigenvalue weighted by Crippen LogP contribution is 2.26. The van der Waals surface area contributed by atoms with Gasteiger partial charge in [-0.3, -0.25) is 4.72 Å². The lowest BCUT2D eigenvalue weighted by Gasteiger charge is -2.06. The first-order valence-corrected chi connectivity index (χ1v) is 8.02. The first kappa shape index (κ1) is 14.2. The van der Waals surface area contributed by atoms with Crippen LogP contribution >= 0.6 is 35.2 Å². The molecule has 0 amide bonds. The molecule has 0 saturated heterocycles. The van der Waals surface area contributed by atoms with Crippen molar-refractivity contribution in [2.45, 2.75) is 4.21 Å². The molecule has 2 aromatic heterocycles. The van der Waals surface area contributed by atoms with E-state index >= 15 is 0 Å². The van der Waals surface area contributed by atoms with Crippen molar-refractivity contribution in [1.29, 1.82) is 0 Å². The lowest BCUT2D eigenvalue weighted by Crippen LogP contribution is -2.13. The van der Waals surface area contributed by atoms with Crippen LogP contribution in [0, 0.1) is 0 Å². The molecule has 100 valence electrons. The third-order valence-corrected chi connectivity index (χ3v) is 5.68. The van der Waals surface area contributed by atoms with Gasteiger partial charge in [-0.25, -0.2) is 13.4 Å². The average Bonchev–Trinajstić information content (AvgIpc) is 2.82. The second-order valence-corrected chi connectivity index (χ2v) is 7.26. The second-order valence-electron chi connectivity index (χ2n) is 3.42. The van der Waals surface area contributed by atoms with Gasteiger partial charge >= 0.3 is 0 Å². The molecule has 2 heterocycles. The molecule has 2 aromatic rings. The number of pyridine rings is 1. The number of hydrogen-bond acceptors (Lipinski definition) is 5. The van der Waals surface area contributed by atoms with Gasteiger partial charge in [0.05, 0.1) is 9.90 Å². The average molecular weight is 334 g/mol. The van der Waals surface area contributed by atoms with Gasteiger partial charge in [0, 0.05) is 6.20 Å². The van der Waals surface area contributed by atoms with Gasteiger partial charge < -0.3 is 5.73 Å². The van der Waals surface area contributed by atoms with E-state index in [4.69, 9.17) is 29.6 Å². The largest absolute Gasteiger partial charge is 0.389 e. The van der Waals surface area contributed by atoms with Gasteiger partial charge in [0.1, 0.15) is 9.20 Å². The monoisotopic (exact) mass is 333 g/mol. The van der Waals surface area contributed by atoms with E-state index < -0.39 is 10.0 Å². The zero-order chi connectivity index (χ0) is 14.0. The maximum absolute atomic E-state index is 12.1. The van der Waals surface area contributed by atoms with Crippen LogP contribution in [0.25, 0.3) is 0 Å². The van der Waals surface area contributed by atoms with Crippen LogP contribution in [0.4, 0.5) is 5.82 Å². The lowest BCUT2D eigenvalue weighted by molar-refractivity contribution is 0.603. The zero-order valence-electron chi connectivity index (χ0n) is 9.33. The van der Waals surface area contributed by atoms with Gasteiger partial charge in [0.2, 0.25) is 0 Å². The first-order valence-electron chi connectivity index (χ1n) is 4.93. The van der Waals surface area contributed by atoms with Crippen molar-refractivity contribution in [2.24, 2.45) is 5.73 Å². The Morgan fingerprint density at radius 2 is 2.16 bits per heavy atom. The number of nitrogens with zero attached hydrogens (tertiary/aromatic N) is 1. The highest BCUT2D eigenvalue weighted by Gasteiger charge is 2.19. The first-order chi connectivity index (χ1) is 8.90. The molecule has 0 unspecified atom stereocenters. The Labute approximate surface area is 124 Å². The summed E-state index contributed by atoms with van der Waals surface area (Å²) in [6.45, 7) is 0. The number of nitrogens with two attached hydrogens (primary N) is 1. The Hall–Kier alpha value is -1.22. The molecule has 0 aliphatic heterocycles. The summed E-state index contributed by atoms with van der Waals surface area (Å²) < 4.78 is 26.6. The Kier molecular flexibility index (Phi) is 4.04. The van der Waals surface area contributed by atoms with Crippen LogP contribution in [-0.2, 0) is 10.0 Å². The van der Waals surface area contributed by atoms with Gasteiger partial charge in [0.25, 0.3) is 10.0 Å². The number of rotatable bonds is 4. The van der Waals surface area contributed by atoms with Crippen LogP contribution in [0.5, 0.6) is 0 Å². The van der Waals surface area contributed by atoms with Gasteiger partial charge in [-0.15, -0.1) is 11.3 Å². The van der Waals surface area contributed by atoms with Crippen LogP contribution in [0.15, 0.2) is 34.7 Å². The second kappa shape index (κ2) is 5.41. The normalized spacial score (nSPS) is 11.2. The minimum absolute atomic E-state index is 0.0782. The number of nitrogens with one attached hydrogen (secondary N) is 1. The zero-order valence-corrected chi connectivity index (χ0v) is 12.5. The molecule has 19 heavy (non-hydrogen) atoms. The molecule has 0 aliphatic rings. The fraction of sp³-hybridized carbons (Fsp3) is 0. The standard InChI is InChI=1S/C10H8ClN3O2S3/c11-6-2-1-5-13-10(6)14-19(15,16)8-4-3-7(18-8)9(12)17/h1-5H,(H2,12,17)(H,13,14). The van der Waals surface area contributed by atoms with E-state index in [0.717, 1.165) is 11.3 Å². The van der Waals surface area contributed by atoms with E-state index in [1.165, 1.54) is 12.3 Å². The Balaban J connectivity index is 2.32. The summed E-state index contributed by atoms with van der Waals surface area (Å²) in [5.74, 6) is 0.0782. The molecule has 3 N–H and O–H groups in total. The van der Waals surface area contributed by atoms with E-state index in [9.17, 15) is 8.42 Å². The quantitative estimate of drug-likeness (QED) is 0.838. The van der Waals surface area contributed by atoms with Crippen molar-refractivity contribution in [1.82, 2.24) is 4.98 Å². The molecule has 0 spiro atoms. The number of sulfonamides is 1. The Morgan fingerprint density at radius 1 is 1.42 bits per heavy atom. The molecule has 5 nitrogen and oxygen atoms in total. The van der Waals surface area contributed by atoms with Crippen LogP contribution < -0.4 is 10.5 Å². The predicted octanol–water partition coefficient (Wildman–Crippen LogP) is 2.23. The predicted molar refractivity (Wildman–Crippen MR) is 80.3 cm³/mol. The molecule has 9 heteroatoms. The third-order valence-electron chi connectivity index (χ3n) is 2.08. The highest BCUT2D eigenvalue weighted by molar-refractivity contribution is 7.94. The van der Waals surface area contributed by atoms with Crippen molar-refractivity contribution in [2.75, 3.05) is 4.72 Å². The lowest BCUT2D eigenvalue weighted by atomic mass is 10.5. The van der Waals surface area contributed by atoms with Gasteiger partial charge in [0.15, 0.2) is 5.82 Å². The van der Waals surface area contributed by atoms with Crippen molar-refractivity contribution in [3.8, 4) is 0 Å². The number of aromatic nitrogens is 1. The Bertz CT molecular complexity index is 727. The summed E-state index contributed by atoms with van der Waals surface area (Å²) in [4.78, 5) is 4.55. The SMILES string of the molecule is NC(=S)c1ccc(S(=O)(=O)Nc2ncccc2Cl)s1. The van der Waals surface area contributed by atoms with Crippen LogP contribution in [0.2, 0.25) is 5.02 Å². The summed E-state index contributed by atoms with van der Waals surface area (Å²) in [5.41, 5.74) is 5.44. The summed E-state index contributed by atoms with van der Waals surface area (Å²) in [7, 11) is -3.74. The van der Waals surface area contributed by atoms with Crippen molar-refractivity contribution in [3.63, 3.8) is 0 Å². The highest BCUT2D eigenvalue weighted by atomic mass is 35.5. The number of halogens is 1. The van der Waals surface area contributed by atoms with E-state index in [1.807, 2.05) is 0 Å². The van der Waals surface area contributed by atoms with Gasteiger partial charge in [-0.1, -0.05) is 23.8 Å². The molecule has 0 aromatic carbocycles. The number of thiophene rings is 1. The summed E-state index contributed by atoms with van der Waals surface area (Å²) in [6.07, 6.45) is 1.44. The number of hydrogen-bond donors (Lipinski definition) is 2. The molecular weight excluding hydrogens is 326 g/mol. The molecule has 0 saturated carbocycles. The van der Waals surface area contributed by atoms with Gasteiger partial charge in [-0.05, 0) is 24.3 Å². The topological polar surface area (TPSA) is 85.1 Å². The summed E-state index contributed by atoms with van der Waals surface area (Å²) in [5, 5.41) is 0.220. The van der Waals surface area contributed by atoms with Crippen molar-refractivity contribution >= 4 is 56.0 Å². The molecule has 0 radical (unpaired) electrons. The number of anilines is 1. The minimum atomic E-state index is -3.74. The van der Waals surface area contributed by atoms with Crippen molar-refractivity contribution in [3.05, 3.63) is 40.4 Å². The minimum Gasteiger partial charge on any atom is -0.389 e. The van der Waals surface area contributed by atoms with Crippen molar-refractivity contribution < 1.29 is 8.42 Å². The molecule has 2 rings (SSSR count). The molecule has 0 aliphatic carbocycles. The smallest absolute Gasteiger partial charge is 0.272 e. The molecular formula is C10H8ClN3O2S3. The van der Waals surface area contributed by atoms with E-state index in [1.54, 1.807) is 18.2 Å². The molecule has 0 atom stereocenters. The fourth-order valence-electron chi connectivity index (χ4n) is 1.24. The third kappa shape index (κ3) is 3.21. The summed E-state index contributed by atoms with van der Waals surface area (Å²) >= 11 is 11.6. The van der Waals surface area contributed by atoms with Gasteiger partial charge in [-0.2, -0.15) is 0 Å². The molecule has 0 fully saturated rings. The van der Waals surface area contributed by atoms with Crippen LogP contribution in [0.3, 0.4) is 0 Å². The number of thiocarbonyl (C=S) groups is 1. The van der Waals surface area contributed by atoms with Crippen LogP contribution in [0.1, 0.15) is 4.88 Å². The van der Waals surface area contributed by atoms with Crippen LogP contribution in [-0.4, -0.2) is 18.4 Å². The maximum Gasteiger partial charge on any atom is 0.272 e.